The minimum absolute atomic E-state index is 0.0388. The van der Waals surface area contributed by atoms with Crippen LogP contribution in [0.5, 0.6) is 0 Å². The van der Waals surface area contributed by atoms with Gasteiger partial charge < -0.3 is 0 Å². The molecule has 1 aliphatic rings. The van der Waals surface area contributed by atoms with Crippen molar-refractivity contribution < 1.29 is 16.8 Å². The second-order valence-corrected chi connectivity index (χ2v) is 11.8. The highest BCUT2D eigenvalue weighted by Gasteiger charge is 2.28. The SMILES string of the molecule is Cc1ccc(NS(=O)(=O)c2ccc(N3CCCS3(=O)=O)cc2)cc1-c1ncc2ccccc2n1. The predicted octanol–water partition coefficient (Wildman–Crippen LogP) is 3.95. The molecule has 1 aliphatic heterocycles. The fourth-order valence-corrected chi connectivity index (χ4v) is 6.58. The zero-order chi connectivity index (χ0) is 23.9. The largest absolute Gasteiger partial charge is 0.280 e. The van der Waals surface area contributed by atoms with Crippen molar-refractivity contribution in [2.24, 2.45) is 0 Å². The van der Waals surface area contributed by atoms with Gasteiger partial charge in [-0.05, 0) is 61.4 Å². The van der Waals surface area contributed by atoms with E-state index >= 15 is 0 Å². The van der Waals surface area contributed by atoms with E-state index in [9.17, 15) is 16.8 Å². The van der Waals surface area contributed by atoms with Gasteiger partial charge in [0.1, 0.15) is 0 Å². The molecule has 0 spiro atoms. The molecule has 0 radical (unpaired) electrons. The lowest BCUT2D eigenvalue weighted by atomic mass is 10.1. The molecule has 0 saturated carbocycles. The molecule has 1 N–H and O–H groups in total. The van der Waals surface area contributed by atoms with Gasteiger partial charge in [0.15, 0.2) is 5.82 Å². The molecule has 3 aromatic carbocycles. The first-order valence-electron chi connectivity index (χ1n) is 10.7. The summed E-state index contributed by atoms with van der Waals surface area (Å²) in [5.41, 5.74) is 3.28. The molecular formula is C24H22N4O4S2. The van der Waals surface area contributed by atoms with Crippen LogP contribution in [0.4, 0.5) is 11.4 Å². The lowest BCUT2D eigenvalue weighted by molar-refractivity contribution is 0.599. The van der Waals surface area contributed by atoms with Crippen LogP contribution >= 0.6 is 0 Å². The first kappa shape index (κ1) is 22.3. The van der Waals surface area contributed by atoms with Crippen molar-refractivity contribution in [3.63, 3.8) is 0 Å². The average molecular weight is 495 g/mol. The second kappa shape index (κ2) is 8.37. The molecule has 0 bridgehead atoms. The van der Waals surface area contributed by atoms with Gasteiger partial charge in [0.2, 0.25) is 10.0 Å². The molecule has 1 fully saturated rings. The monoisotopic (exact) mass is 494 g/mol. The number of benzene rings is 3. The van der Waals surface area contributed by atoms with Crippen LogP contribution in [-0.4, -0.2) is 39.1 Å². The number of aromatic nitrogens is 2. The van der Waals surface area contributed by atoms with E-state index < -0.39 is 20.0 Å². The van der Waals surface area contributed by atoms with E-state index in [4.69, 9.17) is 0 Å². The van der Waals surface area contributed by atoms with Crippen LogP contribution in [0.1, 0.15) is 12.0 Å². The third kappa shape index (κ3) is 4.22. The molecule has 4 aromatic rings. The van der Waals surface area contributed by atoms with Crippen molar-refractivity contribution in [2.45, 2.75) is 18.2 Å². The molecule has 8 nitrogen and oxygen atoms in total. The molecule has 0 atom stereocenters. The minimum Gasteiger partial charge on any atom is -0.280 e. The van der Waals surface area contributed by atoms with Crippen LogP contribution in [-0.2, 0) is 20.0 Å². The lowest BCUT2D eigenvalue weighted by Gasteiger charge is -2.17. The smallest absolute Gasteiger partial charge is 0.261 e. The first-order chi connectivity index (χ1) is 16.2. The summed E-state index contributed by atoms with van der Waals surface area (Å²) >= 11 is 0. The standard InChI is InChI=1S/C24H22N4O4S2/c1-17-7-8-19(15-22(17)24-25-16-18-5-2-3-6-23(18)26-24)27-34(31,32)21-11-9-20(10-12-21)28-13-4-14-33(28,29)30/h2-3,5-12,15-16,27H,4,13-14H2,1H3. The number of fused-ring (bicyclic) bond motifs is 1. The van der Waals surface area contributed by atoms with Gasteiger partial charge in [-0.3, -0.25) is 9.03 Å². The second-order valence-electron chi connectivity index (χ2n) is 8.12. The Hall–Kier alpha value is -3.50. The number of hydrogen-bond donors (Lipinski definition) is 1. The van der Waals surface area contributed by atoms with Crippen molar-refractivity contribution >= 4 is 42.3 Å². The number of para-hydroxylation sites is 1. The van der Waals surface area contributed by atoms with Crippen LogP contribution in [0.3, 0.4) is 0 Å². The number of rotatable bonds is 5. The van der Waals surface area contributed by atoms with Gasteiger partial charge in [0, 0.05) is 29.4 Å². The molecule has 1 saturated heterocycles. The fraction of sp³-hybridized carbons (Fsp3) is 0.167. The molecule has 5 rings (SSSR count). The highest BCUT2D eigenvalue weighted by Crippen LogP contribution is 2.28. The van der Waals surface area contributed by atoms with E-state index in [1.807, 2.05) is 37.3 Å². The Labute approximate surface area is 198 Å². The van der Waals surface area contributed by atoms with E-state index in [2.05, 4.69) is 14.7 Å². The maximum absolute atomic E-state index is 13.0. The third-order valence-electron chi connectivity index (χ3n) is 5.75. The molecule has 2 heterocycles. The van der Waals surface area contributed by atoms with Crippen LogP contribution in [0, 0.1) is 6.92 Å². The van der Waals surface area contributed by atoms with Crippen molar-refractivity contribution in [1.82, 2.24) is 9.97 Å². The number of nitrogens with one attached hydrogen (secondary N) is 1. The molecule has 0 unspecified atom stereocenters. The van der Waals surface area contributed by atoms with Crippen molar-refractivity contribution in [3.05, 3.63) is 78.5 Å². The Morgan fingerprint density at radius 3 is 2.50 bits per heavy atom. The van der Waals surface area contributed by atoms with E-state index in [0.717, 1.165) is 22.0 Å². The van der Waals surface area contributed by atoms with E-state index in [-0.39, 0.29) is 10.6 Å². The van der Waals surface area contributed by atoms with Gasteiger partial charge in [-0.15, -0.1) is 0 Å². The first-order valence-corrected chi connectivity index (χ1v) is 13.8. The van der Waals surface area contributed by atoms with E-state index in [0.29, 0.717) is 30.2 Å². The van der Waals surface area contributed by atoms with Crippen LogP contribution in [0.2, 0.25) is 0 Å². The van der Waals surface area contributed by atoms with Crippen molar-refractivity contribution in [3.8, 4) is 11.4 Å². The van der Waals surface area contributed by atoms with E-state index in [1.165, 1.54) is 28.6 Å². The summed E-state index contributed by atoms with van der Waals surface area (Å²) in [6.07, 6.45) is 2.30. The summed E-state index contributed by atoms with van der Waals surface area (Å²) in [6.45, 7) is 2.31. The Kier molecular flexibility index (Phi) is 5.49. The van der Waals surface area contributed by atoms with Gasteiger partial charge in [0.05, 0.1) is 21.9 Å². The van der Waals surface area contributed by atoms with Crippen LogP contribution < -0.4 is 9.03 Å². The average Bonchev–Trinajstić information content (AvgIpc) is 3.19. The number of hydrogen-bond acceptors (Lipinski definition) is 6. The van der Waals surface area contributed by atoms with Gasteiger partial charge in [-0.1, -0.05) is 24.3 Å². The van der Waals surface area contributed by atoms with E-state index in [1.54, 1.807) is 18.3 Å². The topological polar surface area (TPSA) is 109 Å². The summed E-state index contributed by atoms with van der Waals surface area (Å²) in [5, 5.41) is 0.922. The van der Waals surface area contributed by atoms with Gasteiger partial charge in [0.25, 0.3) is 10.0 Å². The molecule has 174 valence electrons. The van der Waals surface area contributed by atoms with Gasteiger partial charge in [-0.2, -0.15) is 0 Å². The van der Waals surface area contributed by atoms with Gasteiger partial charge >= 0.3 is 0 Å². The Balaban J connectivity index is 1.42. The number of sulfonamides is 2. The van der Waals surface area contributed by atoms with Crippen LogP contribution in [0.15, 0.2) is 77.8 Å². The van der Waals surface area contributed by atoms with Gasteiger partial charge in [-0.25, -0.2) is 26.8 Å². The Morgan fingerprint density at radius 1 is 1.00 bits per heavy atom. The summed E-state index contributed by atoms with van der Waals surface area (Å²) in [5.74, 6) is 0.610. The Morgan fingerprint density at radius 2 is 1.76 bits per heavy atom. The molecule has 10 heteroatoms. The minimum atomic E-state index is -3.89. The van der Waals surface area contributed by atoms with Crippen molar-refractivity contribution in [2.75, 3.05) is 21.3 Å². The maximum atomic E-state index is 13.0. The summed E-state index contributed by atoms with van der Waals surface area (Å²) in [4.78, 5) is 9.11. The maximum Gasteiger partial charge on any atom is 0.261 e. The molecular weight excluding hydrogens is 472 g/mol. The quantitative estimate of drug-likeness (QED) is 0.450. The van der Waals surface area contributed by atoms with Crippen molar-refractivity contribution in [1.29, 1.82) is 0 Å². The summed E-state index contributed by atoms with van der Waals surface area (Å²) in [7, 11) is -7.22. The molecule has 1 aromatic heterocycles. The Bertz CT molecular complexity index is 1600. The third-order valence-corrected chi connectivity index (χ3v) is 9.02. The summed E-state index contributed by atoms with van der Waals surface area (Å²) < 4.78 is 54.1. The zero-order valence-electron chi connectivity index (χ0n) is 18.3. The lowest BCUT2D eigenvalue weighted by Crippen LogP contribution is -2.25. The zero-order valence-corrected chi connectivity index (χ0v) is 20.0. The number of nitrogens with zero attached hydrogens (tertiary/aromatic N) is 3. The summed E-state index contributed by atoms with van der Waals surface area (Å²) in [6, 6.07) is 18.7. The number of aryl methyl sites for hydroxylation is 1. The molecule has 34 heavy (non-hydrogen) atoms. The number of anilines is 2. The predicted molar refractivity (Wildman–Crippen MR) is 133 cm³/mol. The highest BCUT2D eigenvalue weighted by atomic mass is 32.2. The van der Waals surface area contributed by atoms with Crippen LogP contribution in [0.25, 0.3) is 22.3 Å². The molecule has 0 amide bonds. The molecule has 0 aliphatic carbocycles. The highest BCUT2D eigenvalue weighted by molar-refractivity contribution is 7.93. The normalized spacial score (nSPS) is 15.5. The fourth-order valence-electron chi connectivity index (χ4n) is 3.96.